The van der Waals surface area contributed by atoms with Crippen LogP contribution in [-0.2, 0) is 0 Å². The predicted octanol–water partition coefficient (Wildman–Crippen LogP) is 3.94. The van der Waals surface area contributed by atoms with Crippen molar-refractivity contribution in [3.8, 4) is 5.75 Å². The summed E-state index contributed by atoms with van der Waals surface area (Å²) < 4.78 is 5.40. The molecule has 1 heterocycles. The minimum absolute atomic E-state index is 0.327. The number of benzene rings is 2. The van der Waals surface area contributed by atoms with E-state index in [2.05, 4.69) is 4.98 Å². The van der Waals surface area contributed by atoms with Crippen LogP contribution in [-0.4, -0.2) is 12.1 Å². The molecule has 2 aromatic carbocycles. The number of rotatable bonds is 3. The fourth-order valence-corrected chi connectivity index (χ4v) is 2.69. The van der Waals surface area contributed by atoms with Crippen molar-refractivity contribution >= 4 is 22.5 Å². The van der Waals surface area contributed by atoms with Crippen LogP contribution in [0.4, 0.5) is 0 Å². The Morgan fingerprint density at radius 2 is 1.95 bits per heavy atom. The Hall–Kier alpha value is -2.10. The van der Waals surface area contributed by atoms with E-state index >= 15 is 0 Å². The van der Waals surface area contributed by atoms with Crippen LogP contribution in [0.2, 0.25) is 5.02 Å². The van der Waals surface area contributed by atoms with E-state index in [1.54, 1.807) is 19.4 Å². The van der Waals surface area contributed by atoms with Crippen molar-refractivity contribution in [2.75, 3.05) is 7.11 Å². The summed E-state index contributed by atoms with van der Waals surface area (Å²) in [5.74, 6) is 0.729. The van der Waals surface area contributed by atoms with Gasteiger partial charge in [0.15, 0.2) is 0 Å². The third-order valence-corrected chi connectivity index (χ3v) is 3.78. The third-order valence-electron chi connectivity index (χ3n) is 3.54. The van der Waals surface area contributed by atoms with Crippen molar-refractivity contribution in [2.24, 2.45) is 5.73 Å². The van der Waals surface area contributed by atoms with E-state index in [9.17, 15) is 0 Å². The summed E-state index contributed by atoms with van der Waals surface area (Å²) in [5.41, 5.74) is 9.25. The molecule has 0 aliphatic heterocycles. The van der Waals surface area contributed by atoms with Crippen LogP contribution in [0.1, 0.15) is 17.2 Å². The summed E-state index contributed by atoms with van der Waals surface area (Å²) in [5, 5.41) is 1.68. The quantitative estimate of drug-likeness (QED) is 0.796. The minimum atomic E-state index is -0.327. The molecule has 106 valence electrons. The molecule has 1 unspecified atom stereocenters. The molecular formula is C17H15ClN2O. The molecule has 2 N–H and O–H groups in total. The maximum atomic E-state index is 6.46. The number of aromatic nitrogens is 1. The Balaban J connectivity index is 2.17. The second-order valence-electron chi connectivity index (χ2n) is 4.78. The number of methoxy groups -OCH3 is 1. The summed E-state index contributed by atoms with van der Waals surface area (Å²) in [6.45, 7) is 0. The molecule has 0 aliphatic carbocycles. The normalized spacial score (nSPS) is 12.3. The molecule has 0 amide bonds. The number of nitrogens with zero attached hydrogens (tertiary/aromatic N) is 1. The Bertz CT molecular complexity index is 783. The number of fused-ring (bicyclic) bond motifs is 1. The predicted molar refractivity (Wildman–Crippen MR) is 85.8 cm³/mol. The van der Waals surface area contributed by atoms with Gasteiger partial charge in [-0.15, -0.1) is 0 Å². The van der Waals surface area contributed by atoms with Gasteiger partial charge in [0.05, 0.1) is 18.7 Å². The highest BCUT2D eigenvalue weighted by molar-refractivity contribution is 6.30. The lowest BCUT2D eigenvalue weighted by atomic mass is 9.95. The van der Waals surface area contributed by atoms with Crippen molar-refractivity contribution in [3.05, 3.63) is 70.9 Å². The SMILES string of the molecule is COc1ccc(Cl)cc1C(N)c1cccc2ncccc12. The first-order valence-electron chi connectivity index (χ1n) is 6.63. The zero-order valence-electron chi connectivity index (χ0n) is 11.6. The number of hydrogen-bond acceptors (Lipinski definition) is 3. The maximum absolute atomic E-state index is 6.46. The standard InChI is InChI=1S/C17H15ClN2O/c1-21-16-8-7-11(18)10-14(16)17(19)13-4-2-6-15-12(13)5-3-9-20-15/h2-10,17H,19H2,1H3. The Morgan fingerprint density at radius 1 is 1.10 bits per heavy atom. The lowest BCUT2D eigenvalue weighted by Gasteiger charge is -2.18. The van der Waals surface area contributed by atoms with Crippen molar-refractivity contribution < 1.29 is 4.74 Å². The molecule has 0 saturated heterocycles. The highest BCUT2D eigenvalue weighted by Gasteiger charge is 2.17. The van der Waals surface area contributed by atoms with Gasteiger partial charge in [0.1, 0.15) is 5.75 Å². The van der Waals surface area contributed by atoms with Gasteiger partial charge in [-0.05, 0) is 35.9 Å². The summed E-state index contributed by atoms with van der Waals surface area (Å²) in [7, 11) is 1.63. The first kappa shape index (κ1) is 13.9. The summed E-state index contributed by atoms with van der Waals surface area (Å²) in [4.78, 5) is 4.37. The molecule has 3 nitrogen and oxygen atoms in total. The molecule has 0 saturated carbocycles. The van der Waals surface area contributed by atoms with Crippen molar-refractivity contribution in [1.29, 1.82) is 0 Å². The Kier molecular flexibility index (Phi) is 3.78. The van der Waals surface area contributed by atoms with Crippen LogP contribution in [0.3, 0.4) is 0 Å². The summed E-state index contributed by atoms with van der Waals surface area (Å²) in [6, 6.07) is 15.0. The van der Waals surface area contributed by atoms with E-state index in [1.807, 2.05) is 42.5 Å². The molecule has 1 aromatic heterocycles. The van der Waals surface area contributed by atoms with Gasteiger partial charge in [0, 0.05) is 22.2 Å². The van der Waals surface area contributed by atoms with Crippen molar-refractivity contribution in [3.63, 3.8) is 0 Å². The van der Waals surface area contributed by atoms with Crippen LogP contribution in [0.5, 0.6) is 5.75 Å². The Morgan fingerprint density at radius 3 is 2.76 bits per heavy atom. The van der Waals surface area contributed by atoms with Gasteiger partial charge in [0.2, 0.25) is 0 Å². The van der Waals surface area contributed by atoms with Gasteiger partial charge >= 0.3 is 0 Å². The topological polar surface area (TPSA) is 48.1 Å². The molecule has 0 radical (unpaired) electrons. The third kappa shape index (κ3) is 2.58. The van der Waals surface area contributed by atoms with E-state index in [1.165, 1.54) is 0 Å². The highest BCUT2D eigenvalue weighted by atomic mass is 35.5. The zero-order chi connectivity index (χ0) is 14.8. The van der Waals surface area contributed by atoms with Crippen molar-refractivity contribution in [2.45, 2.75) is 6.04 Å². The number of pyridine rings is 1. The average Bonchev–Trinajstić information content (AvgIpc) is 2.53. The van der Waals surface area contributed by atoms with Gasteiger partial charge in [-0.3, -0.25) is 4.98 Å². The lowest BCUT2D eigenvalue weighted by Crippen LogP contribution is -2.13. The molecule has 1 atom stereocenters. The van der Waals surface area contributed by atoms with Gasteiger partial charge in [-0.25, -0.2) is 0 Å². The lowest BCUT2D eigenvalue weighted by molar-refractivity contribution is 0.408. The minimum Gasteiger partial charge on any atom is -0.496 e. The first-order chi connectivity index (χ1) is 10.2. The molecular weight excluding hydrogens is 284 g/mol. The molecule has 3 aromatic rings. The van der Waals surface area contributed by atoms with E-state index in [0.29, 0.717) is 5.02 Å². The van der Waals surface area contributed by atoms with Crippen LogP contribution < -0.4 is 10.5 Å². The number of nitrogens with two attached hydrogens (primary N) is 1. The van der Waals surface area contributed by atoms with E-state index in [4.69, 9.17) is 22.1 Å². The van der Waals surface area contributed by atoms with E-state index < -0.39 is 0 Å². The molecule has 0 bridgehead atoms. The smallest absolute Gasteiger partial charge is 0.124 e. The monoisotopic (exact) mass is 298 g/mol. The Labute approximate surface area is 128 Å². The number of ether oxygens (including phenoxy) is 1. The molecule has 0 fully saturated rings. The second-order valence-corrected chi connectivity index (χ2v) is 5.22. The van der Waals surface area contributed by atoms with Gasteiger partial charge in [-0.2, -0.15) is 0 Å². The molecule has 4 heteroatoms. The molecule has 3 rings (SSSR count). The molecule has 21 heavy (non-hydrogen) atoms. The first-order valence-corrected chi connectivity index (χ1v) is 7.01. The fourth-order valence-electron chi connectivity index (χ4n) is 2.51. The summed E-state index contributed by atoms with van der Waals surface area (Å²) in [6.07, 6.45) is 1.78. The van der Waals surface area contributed by atoms with Crippen LogP contribution in [0.25, 0.3) is 10.9 Å². The van der Waals surface area contributed by atoms with E-state index in [0.717, 1.165) is 27.8 Å². The van der Waals surface area contributed by atoms with Crippen molar-refractivity contribution in [1.82, 2.24) is 4.98 Å². The van der Waals surface area contributed by atoms with E-state index in [-0.39, 0.29) is 6.04 Å². The fraction of sp³-hybridized carbons (Fsp3) is 0.118. The molecule has 0 aliphatic rings. The van der Waals surface area contributed by atoms with Gasteiger partial charge < -0.3 is 10.5 Å². The van der Waals surface area contributed by atoms with Crippen LogP contribution in [0, 0.1) is 0 Å². The van der Waals surface area contributed by atoms with Gasteiger partial charge in [0.25, 0.3) is 0 Å². The van der Waals surface area contributed by atoms with Crippen LogP contribution >= 0.6 is 11.6 Å². The highest BCUT2D eigenvalue weighted by Crippen LogP contribution is 2.33. The second kappa shape index (κ2) is 5.72. The number of halogens is 1. The summed E-state index contributed by atoms with van der Waals surface area (Å²) >= 11 is 6.10. The molecule has 0 spiro atoms. The number of hydrogen-bond donors (Lipinski definition) is 1. The zero-order valence-corrected chi connectivity index (χ0v) is 12.3. The average molecular weight is 299 g/mol. The van der Waals surface area contributed by atoms with Crippen LogP contribution in [0.15, 0.2) is 54.7 Å². The van der Waals surface area contributed by atoms with Gasteiger partial charge in [-0.1, -0.05) is 29.8 Å². The largest absolute Gasteiger partial charge is 0.496 e. The maximum Gasteiger partial charge on any atom is 0.124 e.